The zero-order chi connectivity index (χ0) is 14.4. The van der Waals surface area contributed by atoms with Crippen molar-refractivity contribution in [1.29, 1.82) is 0 Å². The zero-order valence-electron chi connectivity index (χ0n) is 11.8. The van der Waals surface area contributed by atoms with Crippen LogP contribution in [-0.2, 0) is 6.42 Å². The van der Waals surface area contributed by atoms with Crippen molar-refractivity contribution < 1.29 is 0 Å². The molecule has 2 heterocycles. The molecule has 0 radical (unpaired) electrons. The highest BCUT2D eigenvalue weighted by molar-refractivity contribution is 9.10. The number of hydrogen-bond donors (Lipinski definition) is 1. The predicted molar refractivity (Wildman–Crippen MR) is 86.9 cm³/mol. The Kier molecular flexibility index (Phi) is 6.06. The molecule has 0 saturated heterocycles. The average molecular weight is 355 g/mol. The highest BCUT2D eigenvalue weighted by Crippen LogP contribution is 2.28. The van der Waals surface area contributed by atoms with Crippen LogP contribution in [0, 0.1) is 5.92 Å². The summed E-state index contributed by atoms with van der Waals surface area (Å²) in [4.78, 5) is 4.34. The quantitative estimate of drug-likeness (QED) is 0.772. The van der Waals surface area contributed by atoms with E-state index in [-0.39, 0.29) is 0 Å². The number of halogens is 1. The molecule has 0 fully saturated rings. The van der Waals surface area contributed by atoms with E-state index in [1.54, 1.807) is 17.5 Å². The molecular formula is C14H19BrN4S. The Labute approximate surface area is 132 Å². The second-order valence-corrected chi connectivity index (χ2v) is 6.95. The van der Waals surface area contributed by atoms with E-state index in [4.69, 9.17) is 0 Å². The van der Waals surface area contributed by atoms with Gasteiger partial charge < -0.3 is 5.32 Å². The molecule has 0 aliphatic heterocycles. The highest BCUT2D eigenvalue weighted by Gasteiger charge is 2.10. The van der Waals surface area contributed by atoms with Gasteiger partial charge in [0, 0.05) is 17.1 Å². The molecule has 20 heavy (non-hydrogen) atoms. The molecule has 0 spiro atoms. The number of rotatable bonds is 7. The predicted octanol–water partition coefficient (Wildman–Crippen LogP) is 3.54. The Balaban J connectivity index is 1.85. The maximum absolute atomic E-state index is 4.34. The third kappa shape index (κ3) is 4.61. The van der Waals surface area contributed by atoms with Crippen LogP contribution >= 0.6 is 27.3 Å². The van der Waals surface area contributed by atoms with Gasteiger partial charge in [0.1, 0.15) is 10.7 Å². The first kappa shape index (κ1) is 15.5. The lowest BCUT2D eigenvalue weighted by molar-refractivity contribution is 0.542. The minimum atomic E-state index is 0.699. The van der Waals surface area contributed by atoms with E-state index in [9.17, 15) is 0 Å². The Morgan fingerprint density at radius 3 is 2.95 bits per heavy atom. The first-order valence-corrected chi connectivity index (χ1v) is 8.41. The molecule has 2 rings (SSSR count). The summed E-state index contributed by atoms with van der Waals surface area (Å²) in [6, 6.07) is 3.87. The molecule has 2 aromatic rings. The molecule has 0 aromatic carbocycles. The van der Waals surface area contributed by atoms with Crippen LogP contribution in [0.15, 0.2) is 22.8 Å². The van der Waals surface area contributed by atoms with Crippen LogP contribution in [0.3, 0.4) is 0 Å². The lowest BCUT2D eigenvalue weighted by atomic mass is 10.2. The maximum Gasteiger partial charge on any atom is 0.167 e. The molecule has 108 valence electrons. The number of pyridine rings is 1. The molecular weight excluding hydrogens is 336 g/mol. The normalized spacial score (nSPS) is 11.2. The second kappa shape index (κ2) is 7.81. The lowest BCUT2D eigenvalue weighted by Crippen LogP contribution is -2.21. The summed E-state index contributed by atoms with van der Waals surface area (Å²) in [5, 5.41) is 13.9. The van der Waals surface area contributed by atoms with Crippen molar-refractivity contribution in [3.63, 3.8) is 0 Å². The Bertz CT molecular complexity index is 541. The van der Waals surface area contributed by atoms with Crippen LogP contribution < -0.4 is 5.32 Å². The van der Waals surface area contributed by atoms with E-state index in [0.29, 0.717) is 5.92 Å². The van der Waals surface area contributed by atoms with Gasteiger partial charge in [-0.05, 0) is 53.5 Å². The molecule has 0 amide bonds. The summed E-state index contributed by atoms with van der Waals surface area (Å²) in [6.45, 7) is 6.53. The van der Waals surface area contributed by atoms with Crippen molar-refractivity contribution in [1.82, 2.24) is 20.5 Å². The summed E-state index contributed by atoms with van der Waals surface area (Å²) in [6.07, 6.45) is 3.83. The van der Waals surface area contributed by atoms with Crippen molar-refractivity contribution in [3.05, 3.63) is 27.8 Å². The highest BCUT2D eigenvalue weighted by atomic mass is 79.9. The summed E-state index contributed by atoms with van der Waals surface area (Å²) < 4.78 is 0.960. The van der Waals surface area contributed by atoms with Crippen LogP contribution in [0.2, 0.25) is 0 Å². The van der Waals surface area contributed by atoms with Crippen LogP contribution in [-0.4, -0.2) is 28.3 Å². The summed E-state index contributed by atoms with van der Waals surface area (Å²) in [5.74, 6) is 0.699. The van der Waals surface area contributed by atoms with E-state index < -0.39 is 0 Å². The van der Waals surface area contributed by atoms with Gasteiger partial charge in [-0.1, -0.05) is 25.2 Å². The van der Waals surface area contributed by atoms with Crippen LogP contribution in [0.1, 0.15) is 25.3 Å². The van der Waals surface area contributed by atoms with Gasteiger partial charge in [0.05, 0.1) is 0 Å². The van der Waals surface area contributed by atoms with Gasteiger partial charge in [0.2, 0.25) is 0 Å². The summed E-state index contributed by atoms with van der Waals surface area (Å²) in [7, 11) is 0. The van der Waals surface area contributed by atoms with Gasteiger partial charge >= 0.3 is 0 Å². The average Bonchev–Trinajstić information content (AvgIpc) is 2.87. The monoisotopic (exact) mass is 354 g/mol. The maximum atomic E-state index is 4.34. The van der Waals surface area contributed by atoms with Crippen molar-refractivity contribution in [2.24, 2.45) is 5.92 Å². The van der Waals surface area contributed by atoms with Crippen LogP contribution in [0.25, 0.3) is 10.7 Å². The molecule has 1 N–H and O–H groups in total. The number of aryl methyl sites for hydroxylation is 1. The SMILES string of the molecule is CC(C)CNCCCc1nnc(-c2ncccc2Br)s1. The van der Waals surface area contributed by atoms with Crippen molar-refractivity contribution in [2.45, 2.75) is 26.7 Å². The van der Waals surface area contributed by atoms with E-state index in [1.165, 1.54) is 0 Å². The van der Waals surface area contributed by atoms with Gasteiger partial charge in [-0.2, -0.15) is 0 Å². The number of aromatic nitrogens is 3. The topological polar surface area (TPSA) is 50.7 Å². The van der Waals surface area contributed by atoms with Crippen molar-refractivity contribution in [3.8, 4) is 10.7 Å². The lowest BCUT2D eigenvalue weighted by Gasteiger charge is -2.05. The van der Waals surface area contributed by atoms with Crippen molar-refractivity contribution >= 4 is 27.3 Å². The van der Waals surface area contributed by atoms with Gasteiger partial charge in [-0.15, -0.1) is 10.2 Å². The molecule has 2 aromatic heterocycles. The molecule has 0 aliphatic carbocycles. The van der Waals surface area contributed by atoms with Crippen LogP contribution in [0.4, 0.5) is 0 Å². The molecule has 0 aliphatic rings. The first-order chi connectivity index (χ1) is 9.66. The van der Waals surface area contributed by atoms with E-state index >= 15 is 0 Å². The number of nitrogens with one attached hydrogen (secondary N) is 1. The second-order valence-electron chi connectivity index (χ2n) is 5.04. The third-order valence-corrected chi connectivity index (χ3v) is 4.35. The fraction of sp³-hybridized carbons (Fsp3) is 0.500. The standard InChI is InChI=1S/C14H19BrN4S/c1-10(2)9-16-7-4-6-12-18-19-14(20-12)13-11(15)5-3-8-17-13/h3,5,8,10,16H,4,6-7,9H2,1-2H3. The minimum Gasteiger partial charge on any atom is -0.316 e. The van der Waals surface area contributed by atoms with Gasteiger partial charge in [-0.3, -0.25) is 4.98 Å². The molecule has 6 heteroatoms. The zero-order valence-corrected chi connectivity index (χ0v) is 14.2. The third-order valence-electron chi connectivity index (χ3n) is 2.72. The van der Waals surface area contributed by atoms with Gasteiger partial charge in [-0.25, -0.2) is 0 Å². The fourth-order valence-electron chi connectivity index (χ4n) is 1.75. The Morgan fingerprint density at radius 2 is 2.20 bits per heavy atom. The molecule has 0 saturated carbocycles. The largest absolute Gasteiger partial charge is 0.316 e. The summed E-state index contributed by atoms with van der Waals surface area (Å²) in [5.41, 5.74) is 0.870. The number of hydrogen-bond acceptors (Lipinski definition) is 5. The number of nitrogens with zero attached hydrogens (tertiary/aromatic N) is 3. The molecule has 4 nitrogen and oxygen atoms in total. The minimum absolute atomic E-state index is 0.699. The van der Waals surface area contributed by atoms with Crippen molar-refractivity contribution in [2.75, 3.05) is 13.1 Å². The van der Waals surface area contributed by atoms with Gasteiger partial charge in [0.15, 0.2) is 5.01 Å². The van der Waals surface area contributed by atoms with Crippen LogP contribution in [0.5, 0.6) is 0 Å². The van der Waals surface area contributed by atoms with E-state index in [1.807, 2.05) is 12.1 Å². The summed E-state index contributed by atoms with van der Waals surface area (Å²) >= 11 is 5.12. The van der Waals surface area contributed by atoms with Gasteiger partial charge in [0.25, 0.3) is 0 Å². The fourth-order valence-corrected chi connectivity index (χ4v) is 3.21. The first-order valence-electron chi connectivity index (χ1n) is 6.81. The van der Waals surface area contributed by atoms with E-state index in [0.717, 1.165) is 46.1 Å². The molecule has 0 unspecified atom stereocenters. The smallest absolute Gasteiger partial charge is 0.167 e. The Morgan fingerprint density at radius 1 is 1.35 bits per heavy atom. The van der Waals surface area contributed by atoms with E-state index in [2.05, 4.69) is 50.3 Å². The Hall–Kier alpha value is -0.850. The molecule has 0 bridgehead atoms. The molecule has 0 atom stereocenters.